The summed E-state index contributed by atoms with van der Waals surface area (Å²) in [6, 6.07) is 22.4. The summed E-state index contributed by atoms with van der Waals surface area (Å²) in [5.41, 5.74) is 8.56. The van der Waals surface area contributed by atoms with E-state index in [1.807, 2.05) is 93.0 Å². The maximum absolute atomic E-state index is 13.6. The summed E-state index contributed by atoms with van der Waals surface area (Å²) in [5, 5.41) is 0.963. The first kappa shape index (κ1) is 29.6. The first-order valence-corrected chi connectivity index (χ1v) is 15.3. The lowest BCUT2D eigenvalue weighted by Gasteiger charge is -2.29. The first-order chi connectivity index (χ1) is 22.1. The fourth-order valence-corrected chi connectivity index (χ4v) is 6.29. The molecule has 0 bridgehead atoms. The Bertz CT molecular complexity index is 2120. The van der Waals surface area contributed by atoms with Gasteiger partial charge >= 0.3 is 5.97 Å². The van der Waals surface area contributed by atoms with E-state index in [-0.39, 0.29) is 5.82 Å². The molecule has 0 aliphatic carbocycles. The number of ether oxygens (including phenoxy) is 3. The summed E-state index contributed by atoms with van der Waals surface area (Å²) in [6.07, 6.45) is 3.57. The van der Waals surface area contributed by atoms with Crippen LogP contribution in [0.1, 0.15) is 43.6 Å². The third-order valence-corrected chi connectivity index (χ3v) is 8.31. The van der Waals surface area contributed by atoms with Crippen LogP contribution in [0.2, 0.25) is 0 Å². The fraction of sp³-hybridized carbons (Fsp3) is 0.237. The average Bonchev–Trinajstić information content (AvgIpc) is 3.47. The average molecular weight is 616 g/mol. The van der Waals surface area contributed by atoms with Crippen molar-refractivity contribution in [3.05, 3.63) is 108 Å². The minimum absolute atomic E-state index is 0.278. The Labute approximate surface area is 266 Å². The van der Waals surface area contributed by atoms with Crippen LogP contribution in [-0.2, 0) is 20.7 Å². The van der Waals surface area contributed by atoms with Gasteiger partial charge in [0.15, 0.2) is 6.10 Å². The second-order valence-corrected chi connectivity index (χ2v) is 12.6. The maximum atomic E-state index is 13.6. The number of benzene rings is 3. The molecule has 4 heterocycles. The Hall–Kier alpha value is -5.08. The number of imidazole rings is 1. The number of nitrogens with zero attached hydrogens (tertiary/aromatic N) is 3. The quantitative estimate of drug-likeness (QED) is 0.176. The summed E-state index contributed by atoms with van der Waals surface area (Å²) >= 11 is 0. The molecule has 0 saturated carbocycles. The molecule has 1 aliphatic heterocycles. The number of aromatic nitrogens is 3. The minimum Gasteiger partial charge on any atom is -0.493 e. The van der Waals surface area contributed by atoms with Crippen molar-refractivity contribution in [2.24, 2.45) is 0 Å². The van der Waals surface area contributed by atoms with Gasteiger partial charge in [0, 0.05) is 40.9 Å². The van der Waals surface area contributed by atoms with Gasteiger partial charge in [-0.1, -0.05) is 30.3 Å². The number of carbonyl (C=O) groups excluding carboxylic acids is 1. The van der Waals surface area contributed by atoms with Crippen LogP contribution in [0.4, 0.5) is 4.39 Å². The van der Waals surface area contributed by atoms with Crippen molar-refractivity contribution in [3.8, 4) is 39.4 Å². The van der Waals surface area contributed by atoms with Gasteiger partial charge in [-0.15, -0.1) is 0 Å². The minimum atomic E-state index is -1.01. The zero-order chi connectivity index (χ0) is 32.2. The van der Waals surface area contributed by atoms with Crippen LogP contribution in [0.25, 0.3) is 50.2 Å². The SMILES string of the molecule is COC(=O)[C@@H](OC(C)(C)C)c1c(C)cc2nc(-c3cccc(-c4ccc(F)cc4)c3)cn2c1-c1ccc2c3c(ccnc13)CCO2. The molecule has 0 spiro atoms. The molecule has 8 heteroatoms. The van der Waals surface area contributed by atoms with Crippen LogP contribution < -0.4 is 4.74 Å². The molecule has 0 N–H and O–H groups in total. The van der Waals surface area contributed by atoms with Crippen molar-refractivity contribution in [1.82, 2.24) is 14.4 Å². The first-order valence-electron chi connectivity index (χ1n) is 15.3. The molecular weight excluding hydrogens is 581 g/mol. The van der Waals surface area contributed by atoms with Gasteiger partial charge in [0.1, 0.15) is 17.2 Å². The van der Waals surface area contributed by atoms with Crippen LogP contribution in [0.5, 0.6) is 5.75 Å². The Morgan fingerprint density at radius 1 is 1.00 bits per heavy atom. The van der Waals surface area contributed by atoms with E-state index >= 15 is 0 Å². The number of fused-ring (bicyclic) bond motifs is 1. The fourth-order valence-electron chi connectivity index (χ4n) is 6.29. The van der Waals surface area contributed by atoms with Crippen LogP contribution in [0, 0.1) is 12.7 Å². The maximum Gasteiger partial charge on any atom is 0.339 e. The number of halogens is 1. The zero-order valence-electron chi connectivity index (χ0n) is 26.4. The molecule has 3 aromatic carbocycles. The molecule has 0 unspecified atom stereocenters. The van der Waals surface area contributed by atoms with Gasteiger partial charge in [-0.05, 0) is 92.4 Å². The molecule has 7 nitrogen and oxygen atoms in total. The number of hydrogen-bond acceptors (Lipinski definition) is 6. The highest BCUT2D eigenvalue weighted by atomic mass is 19.1. The molecule has 6 aromatic rings. The zero-order valence-corrected chi connectivity index (χ0v) is 26.4. The Kier molecular flexibility index (Phi) is 7.32. The van der Waals surface area contributed by atoms with Crippen molar-refractivity contribution in [2.45, 2.75) is 45.8 Å². The standard InChI is InChI=1S/C38H34FN3O4/c1-22-19-31-41-29(26-8-6-7-25(20-26)23-9-11-27(39)12-10-23)21-42(31)35(32(22)36(37(43)44-5)46-38(2,3)4)28-13-14-30-33-24(16-18-45-30)15-17-40-34(28)33/h6-15,17,19-21,36H,16,18H2,1-5H3/t36-/m0/s1. The lowest BCUT2D eigenvalue weighted by atomic mass is 9.92. The van der Waals surface area contributed by atoms with Gasteiger partial charge in [0.25, 0.3) is 0 Å². The van der Waals surface area contributed by atoms with Gasteiger partial charge in [-0.25, -0.2) is 14.2 Å². The lowest BCUT2D eigenvalue weighted by Crippen LogP contribution is -2.29. The van der Waals surface area contributed by atoms with E-state index in [4.69, 9.17) is 24.2 Å². The molecule has 7 rings (SSSR count). The second kappa shape index (κ2) is 11.4. The van der Waals surface area contributed by atoms with E-state index in [0.29, 0.717) is 17.8 Å². The normalized spacial score (nSPS) is 13.5. The summed E-state index contributed by atoms with van der Waals surface area (Å²) in [5.74, 6) is 0.0160. The number of esters is 1. The van der Waals surface area contributed by atoms with Gasteiger partial charge in [0.2, 0.25) is 0 Å². The van der Waals surface area contributed by atoms with Crippen molar-refractivity contribution >= 4 is 22.5 Å². The highest BCUT2D eigenvalue weighted by molar-refractivity contribution is 6.00. The molecule has 1 aliphatic rings. The molecule has 232 valence electrons. The summed E-state index contributed by atoms with van der Waals surface area (Å²) < 4.78 is 33.4. The summed E-state index contributed by atoms with van der Waals surface area (Å²) in [7, 11) is 1.37. The number of rotatable bonds is 6. The van der Waals surface area contributed by atoms with E-state index in [9.17, 15) is 9.18 Å². The smallest absolute Gasteiger partial charge is 0.339 e. The summed E-state index contributed by atoms with van der Waals surface area (Å²) in [6.45, 7) is 8.33. The predicted octanol–water partition coefficient (Wildman–Crippen LogP) is 8.30. The van der Waals surface area contributed by atoms with E-state index in [0.717, 1.165) is 67.8 Å². The molecule has 0 fully saturated rings. The lowest BCUT2D eigenvalue weighted by molar-refractivity contribution is -0.164. The Morgan fingerprint density at radius 3 is 2.54 bits per heavy atom. The monoisotopic (exact) mass is 615 g/mol. The number of hydrogen-bond donors (Lipinski definition) is 0. The van der Waals surface area contributed by atoms with Crippen LogP contribution >= 0.6 is 0 Å². The Balaban J connectivity index is 1.51. The highest BCUT2D eigenvalue weighted by Crippen LogP contribution is 2.43. The number of aryl methyl sites for hydroxylation is 1. The second-order valence-electron chi connectivity index (χ2n) is 12.6. The molecule has 3 aromatic heterocycles. The third-order valence-electron chi connectivity index (χ3n) is 8.31. The highest BCUT2D eigenvalue weighted by Gasteiger charge is 2.34. The van der Waals surface area contributed by atoms with Crippen LogP contribution in [0.15, 0.2) is 85.2 Å². The summed E-state index contributed by atoms with van der Waals surface area (Å²) in [4.78, 5) is 23.4. The van der Waals surface area contributed by atoms with Crippen molar-refractivity contribution < 1.29 is 23.4 Å². The topological polar surface area (TPSA) is 75.0 Å². The molecule has 0 saturated heterocycles. The largest absolute Gasteiger partial charge is 0.493 e. The van der Waals surface area contributed by atoms with E-state index < -0.39 is 17.7 Å². The van der Waals surface area contributed by atoms with Gasteiger partial charge in [-0.3, -0.25) is 9.38 Å². The number of carbonyl (C=O) groups is 1. The predicted molar refractivity (Wildman–Crippen MR) is 176 cm³/mol. The Morgan fingerprint density at radius 2 is 1.78 bits per heavy atom. The van der Waals surface area contributed by atoms with E-state index in [2.05, 4.69) is 0 Å². The van der Waals surface area contributed by atoms with Crippen molar-refractivity contribution in [1.29, 1.82) is 0 Å². The van der Waals surface area contributed by atoms with Crippen LogP contribution in [0.3, 0.4) is 0 Å². The van der Waals surface area contributed by atoms with Gasteiger partial charge < -0.3 is 14.2 Å². The van der Waals surface area contributed by atoms with Gasteiger partial charge in [0.05, 0.1) is 36.2 Å². The third kappa shape index (κ3) is 5.28. The van der Waals surface area contributed by atoms with E-state index in [1.165, 1.54) is 19.2 Å². The number of pyridine rings is 2. The van der Waals surface area contributed by atoms with Crippen molar-refractivity contribution in [2.75, 3.05) is 13.7 Å². The van der Waals surface area contributed by atoms with Crippen molar-refractivity contribution in [3.63, 3.8) is 0 Å². The molecule has 0 radical (unpaired) electrons. The molecule has 46 heavy (non-hydrogen) atoms. The molecule has 1 atom stereocenters. The molecular formula is C38H34FN3O4. The number of methoxy groups -OCH3 is 1. The van der Waals surface area contributed by atoms with Gasteiger partial charge in [-0.2, -0.15) is 0 Å². The van der Waals surface area contributed by atoms with E-state index in [1.54, 1.807) is 12.1 Å². The van der Waals surface area contributed by atoms with Crippen LogP contribution in [-0.4, -0.2) is 39.7 Å². The molecule has 0 amide bonds.